The normalized spacial score (nSPS) is 9.74. The Bertz CT molecular complexity index is 608. The molecule has 0 amide bonds. The number of nitrogens with zero attached hydrogens (tertiary/aromatic N) is 4. The highest BCUT2D eigenvalue weighted by atomic mass is 19.1. The van der Waals surface area contributed by atoms with Crippen LogP contribution in [0.3, 0.4) is 0 Å². The number of halogens is 1. The highest BCUT2D eigenvalue weighted by Gasteiger charge is 2.08. The molecule has 0 spiro atoms. The third kappa shape index (κ3) is 3.16. The molecule has 0 aliphatic rings. The van der Waals surface area contributed by atoms with Crippen LogP contribution in [0.4, 0.5) is 16.0 Å². The second-order valence-corrected chi connectivity index (χ2v) is 3.95. The summed E-state index contributed by atoms with van der Waals surface area (Å²) in [5.41, 5.74) is 0.582. The fourth-order valence-corrected chi connectivity index (χ4v) is 1.64. The molecule has 6 heteroatoms. The van der Waals surface area contributed by atoms with E-state index in [1.165, 1.54) is 12.4 Å². The Morgan fingerprint density at radius 1 is 1.37 bits per heavy atom. The van der Waals surface area contributed by atoms with Crippen LogP contribution in [0.1, 0.15) is 5.56 Å². The van der Waals surface area contributed by atoms with Gasteiger partial charge in [-0.3, -0.25) is 5.32 Å². The molecular weight excluding hydrogens is 245 g/mol. The van der Waals surface area contributed by atoms with Crippen LogP contribution in [0.15, 0.2) is 36.7 Å². The van der Waals surface area contributed by atoms with Gasteiger partial charge in [-0.2, -0.15) is 5.26 Å². The Hall–Kier alpha value is -2.68. The van der Waals surface area contributed by atoms with E-state index in [2.05, 4.69) is 15.3 Å². The van der Waals surface area contributed by atoms with Gasteiger partial charge in [-0.05, 0) is 6.07 Å². The molecule has 5 nitrogen and oxygen atoms in total. The number of hydrogen-bond donors (Lipinski definition) is 1. The molecule has 0 fully saturated rings. The Morgan fingerprint density at radius 2 is 2.16 bits per heavy atom. The molecule has 2 aromatic rings. The molecule has 0 saturated heterocycles. The Balaban J connectivity index is 2.16. The minimum absolute atomic E-state index is 0.251. The third-order valence-electron chi connectivity index (χ3n) is 2.59. The number of benzene rings is 1. The first-order valence-corrected chi connectivity index (χ1v) is 5.62. The van der Waals surface area contributed by atoms with E-state index in [0.29, 0.717) is 23.7 Å². The van der Waals surface area contributed by atoms with Crippen molar-refractivity contribution in [3.05, 3.63) is 48.0 Å². The summed E-state index contributed by atoms with van der Waals surface area (Å²) < 4.78 is 13.6. The van der Waals surface area contributed by atoms with Gasteiger partial charge in [0.05, 0.1) is 0 Å². The topological polar surface area (TPSA) is 64.8 Å². The van der Waals surface area contributed by atoms with Crippen molar-refractivity contribution < 1.29 is 4.39 Å². The Morgan fingerprint density at radius 3 is 2.89 bits per heavy atom. The van der Waals surface area contributed by atoms with Crippen LogP contribution in [0.5, 0.6) is 0 Å². The quantitative estimate of drug-likeness (QED) is 0.671. The van der Waals surface area contributed by atoms with Gasteiger partial charge in [0, 0.05) is 25.2 Å². The molecule has 1 aromatic carbocycles. The monoisotopic (exact) mass is 257 g/mol. The lowest BCUT2D eigenvalue weighted by atomic mass is 10.2. The lowest BCUT2D eigenvalue weighted by Crippen LogP contribution is -2.18. The molecule has 0 unspecified atom stereocenters. The van der Waals surface area contributed by atoms with E-state index in [9.17, 15) is 4.39 Å². The summed E-state index contributed by atoms with van der Waals surface area (Å²) >= 11 is 0. The molecule has 0 radical (unpaired) electrons. The molecule has 0 bridgehead atoms. The smallest absolute Gasteiger partial charge is 0.182 e. The third-order valence-corrected chi connectivity index (χ3v) is 2.59. The first kappa shape index (κ1) is 12.8. The maximum absolute atomic E-state index is 13.6. The first-order valence-electron chi connectivity index (χ1n) is 5.62. The van der Waals surface area contributed by atoms with Gasteiger partial charge in [0.2, 0.25) is 0 Å². The number of aromatic nitrogens is 2. The molecule has 19 heavy (non-hydrogen) atoms. The first-order chi connectivity index (χ1) is 9.20. The molecule has 0 atom stereocenters. The van der Waals surface area contributed by atoms with Crippen molar-refractivity contribution in [1.29, 1.82) is 5.26 Å². The average molecular weight is 257 g/mol. The minimum atomic E-state index is -0.251. The van der Waals surface area contributed by atoms with Crippen LogP contribution in [0, 0.1) is 17.3 Å². The summed E-state index contributed by atoms with van der Waals surface area (Å²) in [6.07, 6.45) is 3.14. The lowest BCUT2D eigenvalue weighted by molar-refractivity contribution is 0.607. The van der Waals surface area contributed by atoms with Gasteiger partial charge in [0.1, 0.15) is 23.8 Å². The summed E-state index contributed by atoms with van der Waals surface area (Å²) in [7, 11) is 1.80. The molecule has 0 aliphatic carbocycles. The molecule has 96 valence electrons. The molecular formula is C13H12FN5. The standard InChI is InChI=1S/C13H12FN5/c1-19(7-10-4-2-3-5-11(10)14)13-6-12(16-8-15)17-9-18-13/h2-6,9H,7H2,1H3,(H,16,17,18). The van der Waals surface area contributed by atoms with Crippen LogP contribution < -0.4 is 10.2 Å². The number of nitriles is 1. The number of anilines is 2. The second-order valence-electron chi connectivity index (χ2n) is 3.95. The zero-order valence-corrected chi connectivity index (χ0v) is 10.3. The Labute approximate surface area is 110 Å². The highest BCUT2D eigenvalue weighted by molar-refractivity contribution is 5.49. The van der Waals surface area contributed by atoms with E-state index in [1.54, 1.807) is 42.4 Å². The lowest BCUT2D eigenvalue weighted by Gasteiger charge is -2.18. The van der Waals surface area contributed by atoms with Crippen molar-refractivity contribution >= 4 is 11.6 Å². The molecule has 2 rings (SSSR count). The van der Waals surface area contributed by atoms with Crippen LogP contribution in [0.2, 0.25) is 0 Å². The average Bonchev–Trinajstić information content (AvgIpc) is 2.42. The van der Waals surface area contributed by atoms with Crippen molar-refractivity contribution in [2.45, 2.75) is 6.54 Å². The predicted molar refractivity (Wildman–Crippen MR) is 69.8 cm³/mol. The highest BCUT2D eigenvalue weighted by Crippen LogP contribution is 2.16. The van der Waals surface area contributed by atoms with Crippen LogP contribution in [-0.4, -0.2) is 17.0 Å². The molecule has 0 aliphatic heterocycles. The van der Waals surface area contributed by atoms with Gasteiger partial charge in [-0.1, -0.05) is 18.2 Å². The van der Waals surface area contributed by atoms with E-state index >= 15 is 0 Å². The van der Waals surface area contributed by atoms with Crippen LogP contribution in [0.25, 0.3) is 0 Å². The van der Waals surface area contributed by atoms with Crippen molar-refractivity contribution in [3.8, 4) is 6.19 Å². The van der Waals surface area contributed by atoms with E-state index < -0.39 is 0 Å². The largest absolute Gasteiger partial charge is 0.355 e. The van der Waals surface area contributed by atoms with Crippen molar-refractivity contribution in [2.24, 2.45) is 0 Å². The summed E-state index contributed by atoms with van der Waals surface area (Å²) in [6.45, 7) is 0.385. The summed E-state index contributed by atoms with van der Waals surface area (Å²) in [5, 5.41) is 11.0. The van der Waals surface area contributed by atoms with Crippen molar-refractivity contribution in [1.82, 2.24) is 9.97 Å². The van der Waals surface area contributed by atoms with Gasteiger partial charge in [-0.25, -0.2) is 14.4 Å². The zero-order valence-electron chi connectivity index (χ0n) is 10.3. The molecule has 1 aromatic heterocycles. The van der Waals surface area contributed by atoms with Crippen LogP contribution >= 0.6 is 0 Å². The van der Waals surface area contributed by atoms with E-state index in [0.717, 1.165) is 0 Å². The zero-order chi connectivity index (χ0) is 13.7. The summed E-state index contributed by atoms with van der Waals surface area (Å²) in [4.78, 5) is 9.76. The summed E-state index contributed by atoms with van der Waals surface area (Å²) in [6, 6.07) is 8.21. The van der Waals surface area contributed by atoms with Crippen molar-refractivity contribution in [2.75, 3.05) is 17.3 Å². The van der Waals surface area contributed by atoms with E-state index in [1.807, 2.05) is 0 Å². The van der Waals surface area contributed by atoms with Crippen molar-refractivity contribution in [3.63, 3.8) is 0 Å². The van der Waals surface area contributed by atoms with Crippen LogP contribution in [-0.2, 0) is 6.54 Å². The molecule has 1 heterocycles. The number of nitrogens with one attached hydrogen (secondary N) is 1. The fraction of sp³-hybridized carbons (Fsp3) is 0.154. The van der Waals surface area contributed by atoms with E-state index in [-0.39, 0.29) is 5.82 Å². The maximum atomic E-state index is 13.6. The van der Waals surface area contributed by atoms with Gasteiger partial charge in [0.15, 0.2) is 6.19 Å². The Kier molecular flexibility index (Phi) is 3.88. The SMILES string of the molecule is CN(Cc1ccccc1F)c1cc(NC#N)ncn1. The second kappa shape index (κ2) is 5.78. The predicted octanol–water partition coefficient (Wildman–Crippen LogP) is 2.15. The maximum Gasteiger partial charge on any atom is 0.182 e. The molecule has 1 N–H and O–H groups in total. The minimum Gasteiger partial charge on any atom is -0.355 e. The number of hydrogen-bond acceptors (Lipinski definition) is 5. The molecule has 0 saturated carbocycles. The van der Waals surface area contributed by atoms with Gasteiger partial charge >= 0.3 is 0 Å². The summed E-state index contributed by atoms with van der Waals surface area (Å²) in [5.74, 6) is 0.766. The number of rotatable bonds is 4. The fourth-order valence-electron chi connectivity index (χ4n) is 1.64. The van der Waals surface area contributed by atoms with Gasteiger partial charge in [-0.15, -0.1) is 0 Å². The van der Waals surface area contributed by atoms with Gasteiger partial charge < -0.3 is 4.90 Å². The van der Waals surface area contributed by atoms with Gasteiger partial charge in [0.25, 0.3) is 0 Å². The van der Waals surface area contributed by atoms with E-state index in [4.69, 9.17) is 5.26 Å².